The van der Waals surface area contributed by atoms with Crippen LogP contribution in [0.25, 0.3) is 0 Å². The minimum absolute atomic E-state index is 0.160. The second-order valence-corrected chi connectivity index (χ2v) is 7.51. The summed E-state index contributed by atoms with van der Waals surface area (Å²) in [6, 6.07) is 9.19. The number of pyridine rings is 1. The van der Waals surface area contributed by atoms with E-state index in [2.05, 4.69) is 10.3 Å². The van der Waals surface area contributed by atoms with Crippen LogP contribution in [-0.4, -0.2) is 21.9 Å². The number of ketones is 1. The SMILES string of the molecule is CC(=O)c1cc(C#N)c(SC(C)C(=O)NC(C)c2ccc(F)cc2)nc1C. The number of carbonyl (C=O) groups excluding carboxylic acids is 2. The van der Waals surface area contributed by atoms with Crippen molar-refractivity contribution >= 4 is 23.5 Å². The third-order valence-corrected chi connectivity index (χ3v) is 5.17. The van der Waals surface area contributed by atoms with Gasteiger partial charge in [0.15, 0.2) is 5.78 Å². The first-order valence-electron chi connectivity index (χ1n) is 8.38. The third kappa shape index (κ3) is 5.14. The maximum absolute atomic E-state index is 13.0. The van der Waals surface area contributed by atoms with Gasteiger partial charge >= 0.3 is 0 Å². The highest BCUT2D eigenvalue weighted by molar-refractivity contribution is 8.00. The van der Waals surface area contributed by atoms with Crippen LogP contribution >= 0.6 is 11.8 Å². The van der Waals surface area contributed by atoms with E-state index in [-0.39, 0.29) is 29.1 Å². The summed E-state index contributed by atoms with van der Waals surface area (Å²) >= 11 is 1.16. The Labute approximate surface area is 162 Å². The molecular formula is C20H20FN3O2S. The molecule has 2 unspecified atom stereocenters. The molecular weight excluding hydrogens is 365 g/mol. The Morgan fingerprint density at radius 1 is 1.26 bits per heavy atom. The lowest BCUT2D eigenvalue weighted by atomic mass is 10.1. The second-order valence-electron chi connectivity index (χ2n) is 6.18. The summed E-state index contributed by atoms with van der Waals surface area (Å²) in [7, 11) is 0. The Bertz CT molecular complexity index is 907. The number of amides is 1. The average molecular weight is 385 g/mol. The molecule has 1 amide bonds. The van der Waals surface area contributed by atoms with E-state index in [9.17, 15) is 19.2 Å². The first-order valence-corrected chi connectivity index (χ1v) is 9.26. The molecule has 0 aliphatic heterocycles. The lowest BCUT2D eigenvalue weighted by Crippen LogP contribution is -2.33. The van der Waals surface area contributed by atoms with Crippen molar-refractivity contribution in [2.45, 2.75) is 44.0 Å². The van der Waals surface area contributed by atoms with Gasteiger partial charge in [0, 0.05) is 11.3 Å². The van der Waals surface area contributed by atoms with Gasteiger partial charge in [-0.2, -0.15) is 5.26 Å². The lowest BCUT2D eigenvalue weighted by molar-refractivity contribution is -0.120. The van der Waals surface area contributed by atoms with Gasteiger partial charge in [-0.15, -0.1) is 0 Å². The van der Waals surface area contributed by atoms with Crippen molar-refractivity contribution in [2.75, 3.05) is 0 Å². The molecule has 0 aliphatic carbocycles. The minimum Gasteiger partial charge on any atom is -0.349 e. The van der Waals surface area contributed by atoms with Gasteiger partial charge in [-0.1, -0.05) is 23.9 Å². The molecule has 0 saturated carbocycles. The largest absolute Gasteiger partial charge is 0.349 e. The summed E-state index contributed by atoms with van der Waals surface area (Å²) < 4.78 is 13.0. The van der Waals surface area contributed by atoms with Crippen molar-refractivity contribution in [1.29, 1.82) is 5.26 Å². The maximum Gasteiger partial charge on any atom is 0.233 e. The summed E-state index contributed by atoms with van der Waals surface area (Å²) in [4.78, 5) is 28.4. The van der Waals surface area contributed by atoms with E-state index in [4.69, 9.17) is 0 Å². The topological polar surface area (TPSA) is 82.8 Å². The Kier molecular flexibility index (Phi) is 6.70. The highest BCUT2D eigenvalue weighted by atomic mass is 32.2. The number of rotatable bonds is 6. The van der Waals surface area contributed by atoms with Gasteiger partial charge in [0.1, 0.15) is 16.9 Å². The molecule has 1 aromatic carbocycles. The van der Waals surface area contributed by atoms with Gasteiger partial charge in [-0.25, -0.2) is 9.37 Å². The zero-order valence-corrected chi connectivity index (χ0v) is 16.4. The summed E-state index contributed by atoms with van der Waals surface area (Å²) in [5, 5.41) is 12.1. The molecule has 0 aliphatic rings. The van der Waals surface area contributed by atoms with E-state index >= 15 is 0 Å². The predicted molar refractivity (Wildman–Crippen MR) is 102 cm³/mol. The van der Waals surface area contributed by atoms with Crippen LogP contribution < -0.4 is 5.32 Å². The standard InChI is InChI=1S/C20H20FN3O2S/c1-11(15-5-7-17(21)8-6-15)23-19(26)14(4)27-20-16(10-22)9-18(13(3)25)12(2)24-20/h5-9,11,14H,1-4H3,(H,23,26). The Morgan fingerprint density at radius 2 is 1.89 bits per heavy atom. The number of benzene rings is 1. The van der Waals surface area contributed by atoms with Gasteiger partial charge in [-0.3, -0.25) is 9.59 Å². The molecule has 0 fully saturated rings. The fourth-order valence-electron chi connectivity index (χ4n) is 2.50. The van der Waals surface area contributed by atoms with E-state index in [1.807, 2.05) is 13.0 Å². The van der Waals surface area contributed by atoms with Crippen LogP contribution in [-0.2, 0) is 4.79 Å². The van der Waals surface area contributed by atoms with E-state index in [0.29, 0.717) is 16.3 Å². The highest BCUT2D eigenvalue weighted by Crippen LogP contribution is 2.27. The quantitative estimate of drug-likeness (QED) is 0.601. The van der Waals surface area contributed by atoms with Crippen molar-refractivity contribution in [3.8, 4) is 6.07 Å². The van der Waals surface area contributed by atoms with Gasteiger partial charge in [-0.05, 0) is 51.5 Å². The number of hydrogen-bond donors (Lipinski definition) is 1. The zero-order chi connectivity index (χ0) is 20.1. The molecule has 140 valence electrons. The molecule has 0 spiro atoms. The average Bonchev–Trinajstić information content (AvgIpc) is 2.61. The molecule has 1 aromatic heterocycles. The molecule has 0 radical (unpaired) electrons. The number of thioether (sulfide) groups is 1. The monoisotopic (exact) mass is 385 g/mol. The summed E-state index contributed by atoms with van der Waals surface area (Å²) in [6.07, 6.45) is 0. The van der Waals surface area contributed by atoms with Crippen LogP contribution in [0.2, 0.25) is 0 Å². The number of carbonyl (C=O) groups is 2. The Balaban J connectivity index is 2.12. The number of Topliss-reactive ketones (excluding diaryl/α,β-unsaturated/α-hetero) is 1. The van der Waals surface area contributed by atoms with Crippen LogP contribution in [0.1, 0.15) is 54.0 Å². The van der Waals surface area contributed by atoms with Gasteiger partial charge in [0.25, 0.3) is 0 Å². The normalized spacial score (nSPS) is 12.7. The van der Waals surface area contributed by atoms with Crippen molar-refractivity contribution in [1.82, 2.24) is 10.3 Å². The van der Waals surface area contributed by atoms with Crippen LogP contribution in [0.3, 0.4) is 0 Å². The molecule has 2 aromatic rings. The van der Waals surface area contributed by atoms with Crippen LogP contribution in [0.4, 0.5) is 4.39 Å². The van der Waals surface area contributed by atoms with Gasteiger partial charge in [0.2, 0.25) is 5.91 Å². The number of halogens is 1. The Morgan fingerprint density at radius 3 is 2.44 bits per heavy atom. The summed E-state index contributed by atoms with van der Waals surface area (Å²) in [6.45, 7) is 6.65. The number of aryl methyl sites for hydroxylation is 1. The molecule has 1 heterocycles. The number of nitriles is 1. The van der Waals surface area contributed by atoms with E-state index in [0.717, 1.165) is 17.3 Å². The molecule has 5 nitrogen and oxygen atoms in total. The number of aromatic nitrogens is 1. The van der Waals surface area contributed by atoms with Crippen molar-refractivity contribution in [2.24, 2.45) is 0 Å². The van der Waals surface area contributed by atoms with Crippen LogP contribution in [0, 0.1) is 24.1 Å². The molecule has 2 atom stereocenters. The number of nitrogens with one attached hydrogen (secondary N) is 1. The van der Waals surface area contributed by atoms with Crippen LogP contribution in [0.15, 0.2) is 35.4 Å². The first kappa shape index (κ1) is 20.6. The molecule has 7 heteroatoms. The summed E-state index contributed by atoms with van der Waals surface area (Å²) in [5.74, 6) is -0.719. The smallest absolute Gasteiger partial charge is 0.233 e. The third-order valence-electron chi connectivity index (χ3n) is 4.06. The van der Waals surface area contributed by atoms with E-state index in [1.165, 1.54) is 25.1 Å². The highest BCUT2D eigenvalue weighted by Gasteiger charge is 2.21. The van der Waals surface area contributed by atoms with Crippen molar-refractivity contribution < 1.29 is 14.0 Å². The molecule has 2 rings (SSSR count). The molecule has 1 N–H and O–H groups in total. The van der Waals surface area contributed by atoms with Crippen LogP contribution in [0.5, 0.6) is 0 Å². The molecule has 27 heavy (non-hydrogen) atoms. The molecule has 0 bridgehead atoms. The Hall–Kier alpha value is -2.72. The van der Waals surface area contributed by atoms with Crippen molar-refractivity contribution in [3.63, 3.8) is 0 Å². The fourth-order valence-corrected chi connectivity index (χ4v) is 3.43. The predicted octanol–water partition coefficient (Wildman–Crippen LogP) is 3.96. The maximum atomic E-state index is 13.0. The number of hydrogen-bond acceptors (Lipinski definition) is 5. The lowest BCUT2D eigenvalue weighted by Gasteiger charge is -2.18. The van der Waals surface area contributed by atoms with E-state index < -0.39 is 5.25 Å². The van der Waals surface area contributed by atoms with Crippen molar-refractivity contribution in [3.05, 3.63) is 58.5 Å². The van der Waals surface area contributed by atoms with Gasteiger partial charge < -0.3 is 5.32 Å². The first-order chi connectivity index (χ1) is 12.7. The summed E-state index contributed by atoms with van der Waals surface area (Å²) in [5.41, 5.74) is 1.98. The number of nitrogens with zero attached hydrogens (tertiary/aromatic N) is 2. The second kappa shape index (κ2) is 8.78. The zero-order valence-electron chi connectivity index (χ0n) is 15.5. The van der Waals surface area contributed by atoms with Gasteiger partial charge in [0.05, 0.1) is 16.9 Å². The fraction of sp³-hybridized carbons (Fsp3) is 0.300. The van der Waals surface area contributed by atoms with E-state index in [1.54, 1.807) is 26.0 Å². The minimum atomic E-state index is -0.505. The molecule has 0 saturated heterocycles.